The first-order valence-electron chi connectivity index (χ1n) is 5.11. The molecule has 0 heterocycles. The summed E-state index contributed by atoms with van der Waals surface area (Å²) in [5, 5.41) is 2.81. The number of benzene rings is 1. The van der Waals surface area contributed by atoms with E-state index in [1.165, 1.54) is 0 Å². The third kappa shape index (κ3) is 1.70. The largest absolute Gasteiger partial charge is 0.326 e. The molecule has 1 atom stereocenters. The first kappa shape index (κ1) is 11.7. The van der Waals surface area contributed by atoms with Crippen molar-refractivity contribution >= 4 is 34.8 Å². The van der Waals surface area contributed by atoms with Gasteiger partial charge in [-0.05, 0) is 12.1 Å². The molecule has 2 nitrogen and oxygen atoms in total. The molecule has 1 aromatic carbocycles. The van der Waals surface area contributed by atoms with Gasteiger partial charge in [-0.15, -0.1) is 23.2 Å². The number of carbonyl (C=O) groups is 1. The number of carbonyl (C=O) groups excluding carboxylic acids is 1. The highest BCUT2D eigenvalue weighted by Crippen LogP contribution is 2.68. The van der Waals surface area contributed by atoms with E-state index in [0.29, 0.717) is 0 Å². The van der Waals surface area contributed by atoms with Crippen LogP contribution in [0.25, 0.3) is 0 Å². The van der Waals surface area contributed by atoms with E-state index in [9.17, 15) is 4.79 Å². The van der Waals surface area contributed by atoms with Crippen molar-refractivity contribution in [2.75, 3.05) is 5.32 Å². The quantitative estimate of drug-likeness (QED) is 0.809. The number of nitrogens with one attached hydrogen (secondary N) is 1. The predicted octanol–water partition coefficient (Wildman–Crippen LogP) is 3.46. The first-order chi connectivity index (χ1) is 7.37. The molecule has 0 spiro atoms. The van der Waals surface area contributed by atoms with E-state index >= 15 is 0 Å². The van der Waals surface area contributed by atoms with Gasteiger partial charge in [-0.1, -0.05) is 32.0 Å². The summed E-state index contributed by atoms with van der Waals surface area (Å²) < 4.78 is -0.953. The lowest BCUT2D eigenvalue weighted by Crippen LogP contribution is -2.17. The van der Waals surface area contributed by atoms with Crippen molar-refractivity contribution in [3.8, 4) is 0 Å². The van der Waals surface area contributed by atoms with Crippen molar-refractivity contribution in [2.45, 2.75) is 18.2 Å². The summed E-state index contributed by atoms with van der Waals surface area (Å²) >= 11 is 12.1. The van der Waals surface area contributed by atoms with E-state index in [1.807, 2.05) is 44.2 Å². The Kier molecular flexibility index (Phi) is 2.67. The monoisotopic (exact) mass is 257 g/mol. The Balaban J connectivity index is 2.07. The Bertz CT molecular complexity index is 400. The van der Waals surface area contributed by atoms with Gasteiger partial charge in [-0.2, -0.15) is 0 Å². The number of hydrogen-bond donors (Lipinski definition) is 1. The second kappa shape index (κ2) is 3.64. The van der Waals surface area contributed by atoms with Crippen molar-refractivity contribution in [2.24, 2.45) is 11.3 Å². The molecule has 1 saturated carbocycles. The highest BCUT2D eigenvalue weighted by Gasteiger charge is 2.73. The summed E-state index contributed by atoms with van der Waals surface area (Å²) in [6.45, 7) is 3.78. The fraction of sp³-hybridized carbons (Fsp3) is 0.417. The molecule has 1 N–H and O–H groups in total. The van der Waals surface area contributed by atoms with E-state index in [1.54, 1.807) is 0 Å². The van der Waals surface area contributed by atoms with Crippen LogP contribution in [0.2, 0.25) is 0 Å². The molecule has 1 aliphatic carbocycles. The zero-order valence-electron chi connectivity index (χ0n) is 9.13. The summed E-state index contributed by atoms with van der Waals surface area (Å²) in [5.41, 5.74) is 0.397. The van der Waals surface area contributed by atoms with Crippen molar-refractivity contribution in [1.29, 1.82) is 0 Å². The van der Waals surface area contributed by atoms with Crippen LogP contribution >= 0.6 is 23.2 Å². The lowest BCUT2D eigenvalue weighted by atomic mass is 10.1. The van der Waals surface area contributed by atoms with Crippen LogP contribution in [0.5, 0.6) is 0 Å². The molecule has 1 unspecified atom stereocenters. The minimum absolute atomic E-state index is 0.124. The van der Waals surface area contributed by atoms with Crippen LogP contribution in [0.4, 0.5) is 5.69 Å². The summed E-state index contributed by atoms with van der Waals surface area (Å²) in [6, 6.07) is 9.28. The average molecular weight is 258 g/mol. The van der Waals surface area contributed by atoms with Gasteiger partial charge in [-0.25, -0.2) is 0 Å². The Labute approximate surface area is 105 Å². The van der Waals surface area contributed by atoms with Crippen molar-refractivity contribution in [3.63, 3.8) is 0 Å². The molecular weight excluding hydrogens is 245 g/mol. The van der Waals surface area contributed by atoms with Crippen molar-refractivity contribution in [3.05, 3.63) is 30.3 Å². The third-order valence-corrected chi connectivity index (χ3v) is 4.57. The van der Waals surface area contributed by atoms with Gasteiger partial charge in [-0.3, -0.25) is 4.79 Å². The molecule has 4 heteroatoms. The lowest BCUT2D eigenvalue weighted by Gasteiger charge is -2.04. The minimum atomic E-state index is -0.953. The van der Waals surface area contributed by atoms with E-state index in [4.69, 9.17) is 23.2 Å². The number of halogens is 2. The fourth-order valence-electron chi connectivity index (χ4n) is 1.89. The maximum Gasteiger partial charge on any atom is 0.231 e. The summed E-state index contributed by atoms with van der Waals surface area (Å²) in [4.78, 5) is 11.9. The zero-order valence-corrected chi connectivity index (χ0v) is 10.6. The van der Waals surface area contributed by atoms with Crippen LogP contribution < -0.4 is 5.32 Å². The van der Waals surface area contributed by atoms with E-state index < -0.39 is 4.33 Å². The van der Waals surface area contributed by atoms with Gasteiger partial charge >= 0.3 is 0 Å². The number of para-hydroxylation sites is 1. The van der Waals surface area contributed by atoms with Gasteiger partial charge in [0.05, 0.1) is 5.92 Å². The number of hydrogen-bond acceptors (Lipinski definition) is 1. The van der Waals surface area contributed by atoms with Crippen LogP contribution in [0.3, 0.4) is 0 Å². The van der Waals surface area contributed by atoms with Crippen LogP contribution in [0.15, 0.2) is 30.3 Å². The molecule has 1 amide bonds. The molecule has 1 fully saturated rings. The van der Waals surface area contributed by atoms with Gasteiger partial charge in [0.2, 0.25) is 5.91 Å². The second-order valence-corrected chi connectivity index (χ2v) is 6.02. The van der Waals surface area contributed by atoms with Crippen LogP contribution in [-0.4, -0.2) is 10.2 Å². The van der Waals surface area contributed by atoms with E-state index in [2.05, 4.69) is 5.32 Å². The SMILES string of the molecule is CC1(C)C(C(=O)Nc2ccccc2)C1(Cl)Cl. The molecule has 16 heavy (non-hydrogen) atoms. The van der Waals surface area contributed by atoms with Crippen LogP contribution in [0.1, 0.15) is 13.8 Å². The lowest BCUT2D eigenvalue weighted by molar-refractivity contribution is -0.118. The normalized spacial score (nSPS) is 24.9. The van der Waals surface area contributed by atoms with Crippen LogP contribution in [-0.2, 0) is 4.79 Å². The molecule has 86 valence electrons. The van der Waals surface area contributed by atoms with Crippen molar-refractivity contribution < 1.29 is 4.79 Å². The Morgan fingerprint density at radius 3 is 2.19 bits per heavy atom. The van der Waals surface area contributed by atoms with Gasteiger partial charge in [0.1, 0.15) is 4.33 Å². The topological polar surface area (TPSA) is 29.1 Å². The first-order valence-corrected chi connectivity index (χ1v) is 5.86. The number of amides is 1. The highest BCUT2D eigenvalue weighted by atomic mass is 35.5. The minimum Gasteiger partial charge on any atom is -0.326 e. The smallest absolute Gasteiger partial charge is 0.231 e. The summed E-state index contributed by atoms with van der Waals surface area (Å²) in [6.07, 6.45) is 0. The van der Waals surface area contributed by atoms with Gasteiger partial charge in [0.25, 0.3) is 0 Å². The Hall–Kier alpha value is -0.730. The second-order valence-electron chi connectivity index (χ2n) is 4.63. The average Bonchev–Trinajstić information content (AvgIpc) is 2.58. The molecule has 1 aromatic rings. The molecule has 0 radical (unpaired) electrons. The van der Waals surface area contributed by atoms with Crippen molar-refractivity contribution in [1.82, 2.24) is 0 Å². The molecule has 2 rings (SSSR count). The summed E-state index contributed by atoms with van der Waals surface area (Å²) in [7, 11) is 0. The molecule has 0 aliphatic heterocycles. The number of rotatable bonds is 2. The van der Waals surface area contributed by atoms with Gasteiger partial charge < -0.3 is 5.32 Å². The van der Waals surface area contributed by atoms with Crippen LogP contribution in [0, 0.1) is 11.3 Å². The number of anilines is 1. The molecule has 1 aliphatic rings. The molecule has 0 bridgehead atoms. The number of alkyl halides is 2. The maximum absolute atomic E-state index is 11.9. The highest BCUT2D eigenvalue weighted by molar-refractivity contribution is 6.53. The third-order valence-electron chi connectivity index (χ3n) is 3.16. The Morgan fingerprint density at radius 1 is 1.25 bits per heavy atom. The molecule has 0 saturated heterocycles. The predicted molar refractivity (Wildman–Crippen MR) is 66.8 cm³/mol. The molecule has 0 aromatic heterocycles. The van der Waals surface area contributed by atoms with Gasteiger partial charge in [0.15, 0.2) is 0 Å². The maximum atomic E-state index is 11.9. The zero-order chi connectivity index (χ0) is 12.0. The Morgan fingerprint density at radius 2 is 1.75 bits per heavy atom. The van der Waals surface area contributed by atoms with Gasteiger partial charge in [0, 0.05) is 11.1 Å². The fourth-order valence-corrected chi connectivity index (χ4v) is 2.74. The standard InChI is InChI=1S/C12H13Cl2NO/c1-11(2)9(12(11,13)14)10(16)15-8-6-4-3-5-7-8/h3-7,9H,1-2H3,(H,15,16). The molecular formula is C12H13Cl2NO. The van der Waals surface area contributed by atoms with E-state index in [0.717, 1.165) is 5.69 Å². The summed E-state index contributed by atoms with van der Waals surface area (Å²) in [5.74, 6) is -0.482. The van der Waals surface area contributed by atoms with E-state index in [-0.39, 0.29) is 17.2 Å².